The minimum atomic E-state index is -3.01. The SMILES string of the molecule is Cc1ccc(-c2csc(SCC(=O)N(C3CCCC3)[C@@H]3CCS(=O)(=O)C3)n2)cc1. The first-order valence-corrected chi connectivity index (χ1v) is 13.8. The van der Waals surface area contributed by atoms with Crippen LogP contribution in [0.1, 0.15) is 37.7 Å². The summed E-state index contributed by atoms with van der Waals surface area (Å²) in [5, 5.41) is 2.02. The van der Waals surface area contributed by atoms with Gasteiger partial charge in [-0.3, -0.25) is 4.79 Å². The highest BCUT2D eigenvalue weighted by Gasteiger charge is 2.38. The quantitative estimate of drug-likeness (QED) is 0.618. The van der Waals surface area contributed by atoms with Crippen molar-refractivity contribution in [1.82, 2.24) is 9.88 Å². The summed E-state index contributed by atoms with van der Waals surface area (Å²) in [6.07, 6.45) is 4.79. The molecule has 1 aliphatic heterocycles. The van der Waals surface area contributed by atoms with Crippen LogP contribution in [0.25, 0.3) is 11.3 Å². The van der Waals surface area contributed by atoms with Gasteiger partial charge in [-0.25, -0.2) is 13.4 Å². The van der Waals surface area contributed by atoms with Gasteiger partial charge in [0.05, 0.1) is 23.0 Å². The van der Waals surface area contributed by atoms with E-state index in [2.05, 4.69) is 36.2 Å². The summed E-state index contributed by atoms with van der Waals surface area (Å²) < 4.78 is 24.8. The number of thiazole rings is 1. The van der Waals surface area contributed by atoms with Gasteiger partial charge in [0, 0.05) is 23.0 Å². The maximum atomic E-state index is 13.1. The van der Waals surface area contributed by atoms with Gasteiger partial charge in [-0.15, -0.1) is 11.3 Å². The van der Waals surface area contributed by atoms with Crippen LogP contribution in [0.3, 0.4) is 0 Å². The van der Waals surface area contributed by atoms with Crippen LogP contribution in [0.2, 0.25) is 0 Å². The summed E-state index contributed by atoms with van der Waals surface area (Å²) in [7, 11) is -3.01. The number of amides is 1. The highest BCUT2D eigenvalue weighted by Crippen LogP contribution is 2.32. The molecule has 1 saturated carbocycles. The van der Waals surface area contributed by atoms with Gasteiger partial charge in [-0.05, 0) is 26.2 Å². The molecule has 4 rings (SSSR count). The van der Waals surface area contributed by atoms with Crippen LogP contribution >= 0.6 is 23.1 Å². The van der Waals surface area contributed by atoms with Gasteiger partial charge in [0.1, 0.15) is 0 Å². The third-order valence-electron chi connectivity index (χ3n) is 5.76. The molecule has 0 radical (unpaired) electrons. The smallest absolute Gasteiger partial charge is 0.233 e. The number of rotatable bonds is 6. The lowest BCUT2D eigenvalue weighted by Gasteiger charge is -2.34. The Bertz CT molecular complexity index is 963. The average molecular weight is 451 g/mol. The second kappa shape index (κ2) is 8.78. The van der Waals surface area contributed by atoms with Crippen molar-refractivity contribution in [2.24, 2.45) is 0 Å². The molecule has 0 spiro atoms. The fraction of sp³-hybridized carbons (Fsp3) is 0.524. The van der Waals surface area contributed by atoms with E-state index in [0.717, 1.165) is 41.3 Å². The number of sulfone groups is 1. The lowest BCUT2D eigenvalue weighted by Crippen LogP contribution is -2.47. The monoisotopic (exact) mass is 450 g/mol. The molecule has 1 aliphatic carbocycles. The van der Waals surface area contributed by atoms with Crippen molar-refractivity contribution in [2.75, 3.05) is 17.3 Å². The molecule has 5 nitrogen and oxygen atoms in total. The molecule has 2 aromatic rings. The van der Waals surface area contributed by atoms with Crippen molar-refractivity contribution in [3.05, 3.63) is 35.2 Å². The van der Waals surface area contributed by atoms with Gasteiger partial charge >= 0.3 is 0 Å². The molecule has 1 aromatic carbocycles. The van der Waals surface area contributed by atoms with Crippen LogP contribution < -0.4 is 0 Å². The van der Waals surface area contributed by atoms with Gasteiger partial charge in [-0.1, -0.05) is 54.4 Å². The van der Waals surface area contributed by atoms with Crippen LogP contribution in [0.15, 0.2) is 34.0 Å². The zero-order valence-electron chi connectivity index (χ0n) is 16.5. The number of hydrogen-bond donors (Lipinski definition) is 0. The predicted octanol–water partition coefficient (Wildman–Crippen LogP) is 4.17. The maximum absolute atomic E-state index is 13.1. The zero-order chi connectivity index (χ0) is 20.4. The Hall–Kier alpha value is -1.38. The lowest BCUT2D eigenvalue weighted by atomic mass is 10.1. The number of thioether (sulfide) groups is 1. The summed E-state index contributed by atoms with van der Waals surface area (Å²) in [6.45, 7) is 2.06. The van der Waals surface area contributed by atoms with Gasteiger partial charge in [-0.2, -0.15) is 0 Å². The van der Waals surface area contributed by atoms with E-state index in [1.165, 1.54) is 17.3 Å². The van der Waals surface area contributed by atoms with Crippen molar-refractivity contribution in [2.45, 2.75) is 55.5 Å². The molecule has 2 heterocycles. The Morgan fingerprint density at radius 3 is 2.55 bits per heavy atom. The van der Waals surface area contributed by atoms with Gasteiger partial charge in [0.25, 0.3) is 0 Å². The Morgan fingerprint density at radius 1 is 1.17 bits per heavy atom. The summed E-state index contributed by atoms with van der Waals surface area (Å²) in [6, 6.07) is 8.30. The number of hydrogen-bond acceptors (Lipinski definition) is 6. The maximum Gasteiger partial charge on any atom is 0.233 e. The van der Waals surface area contributed by atoms with E-state index in [9.17, 15) is 13.2 Å². The molecule has 1 amide bonds. The van der Waals surface area contributed by atoms with Crippen molar-refractivity contribution in [3.8, 4) is 11.3 Å². The van der Waals surface area contributed by atoms with Crippen LogP contribution in [0, 0.1) is 6.92 Å². The molecular weight excluding hydrogens is 424 g/mol. The Balaban J connectivity index is 1.42. The molecule has 0 N–H and O–H groups in total. The number of carbonyl (C=O) groups excluding carboxylic acids is 1. The second-order valence-electron chi connectivity index (χ2n) is 7.95. The van der Waals surface area contributed by atoms with Crippen LogP contribution in [-0.2, 0) is 14.6 Å². The fourth-order valence-corrected chi connectivity index (χ4v) is 7.68. The Labute approximate surface area is 180 Å². The summed E-state index contributed by atoms with van der Waals surface area (Å²) >= 11 is 3.01. The summed E-state index contributed by atoms with van der Waals surface area (Å²) in [4.78, 5) is 19.7. The molecule has 0 unspecified atom stereocenters. The molecular formula is C21H26N2O3S3. The van der Waals surface area contributed by atoms with Gasteiger partial charge in [0.15, 0.2) is 14.2 Å². The fourth-order valence-electron chi connectivity index (χ4n) is 4.26. The minimum Gasteiger partial charge on any atom is -0.335 e. The molecule has 2 fully saturated rings. The third kappa shape index (κ3) is 5.03. The third-order valence-corrected chi connectivity index (χ3v) is 9.51. The average Bonchev–Trinajstić information content (AvgIpc) is 3.43. The molecule has 156 valence electrons. The second-order valence-corrected chi connectivity index (χ2v) is 12.3. The summed E-state index contributed by atoms with van der Waals surface area (Å²) in [5.74, 6) is 0.687. The van der Waals surface area contributed by atoms with E-state index in [0.29, 0.717) is 12.2 Å². The highest BCUT2D eigenvalue weighted by molar-refractivity contribution is 8.01. The van der Waals surface area contributed by atoms with E-state index in [4.69, 9.17) is 0 Å². The number of carbonyl (C=O) groups is 1. The van der Waals surface area contributed by atoms with Crippen molar-refractivity contribution in [3.63, 3.8) is 0 Å². The van der Waals surface area contributed by atoms with Crippen molar-refractivity contribution < 1.29 is 13.2 Å². The molecule has 1 aromatic heterocycles. The first kappa shape index (κ1) is 20.9. The van der Waals surface area contributed by atoms with Crippen LogP contribution in [-0.4, -0.2) is 53.6 Å². The van der Waals surface area contributed by atoms with E-state index < -0.39 is 9.84 Å². The van der Waals surface area contributed by atoms with E-state index in [1.807, 2.05) is 10.3 Å². The number of nitrogens with zero attached hydrogens (tertiary/aromatic N) is 2. The Morgan fingerprint density at radius 2 is 1.90 bits per heavy atom. The van der Waals surface area contributed by atoms with Crippen LogP contribution in [0.5, 0.6) is 0 Å². The van der Waals surface area contributed by atoms with E-state index in [-0.39, 0.29) is 29.5 Å². The lowest BCUT2D eigenvalue weighted by molar-refractivity contribution is -0.132. The van der Waals surface area contributed by atoms with E-state index >= 15 is 0 Å². The first-order valence-electron chi connectivity index (χ1n) is 10.1. The normalized spacial score (nSPS) is 21.5. The van der Waals surface area contributed by atoms with Crippen molar-refractivity contribution in [1.29, 1.82) is 0 Å². The number of benzene rings is 1. The topological polar surface area (TPSA) is 67.3 Å². The number of aryl methyl sites for hydroxylation is 1. The largest absolute Gasteiger partial charge is 0.335 e. The molecule has 1 saturated heterocycles. The molecule has 0 bridgehead atoms. The molecule has 1 atom stereocenters. The summed E-state index contributed by atoms with van der Waals surface area (Å²) in [5.41, 5.74) is 3.22. The zero-order valence-corrected chi connectivity index (χ0v) is 19.0. The molecule has 29 heavy (non-hydrogen) atoms. The Kier molecular flexibility index (Phi) is 6.32. The number of aromatic nitrogens is 1. The minimum absolute atomic E-state index is 0.0519. The van der Waals surface area contributed by atoms with Gasteiger partial charge < -0.3 is 4.90 Å². The van der Waals surface area contributed by atoms with Crippen molar-refractivity contribution >= 4 is 38.8 Å². The van der Waals surface area contributed by atoms with Gasteiger partial charge in [0.2, 0.25) is 5.91 Å². The molecule has 2 aliphatic rings. The van der Waals surface area contributed by atoms with E-state index in [1.54, 1.807) is 11.3 Å². The first-order chi connectivity index (χ1) is 13.9. The standard InChI is InChI=1S/C21H26N2O3S3/c1-15-6-8-16(9-7-15)19-12-27-21(22-19)28-13-20(24)23(17-4-2-3-5-17)18-10-11-29(25,26)14-18/h6-9,12,17-18H,2-5,10-11,13-14H2,1H3/t18-/m1/s1. The highest BCUT2D eigenvalue weighted by atomic mass is 32.2. The predicted molar refractivity (Wildman–Crippen MR) is 119 cm³/mol. The van der Waals surface area contributed by atoms with Crippen LogP contribution in [0.4, 0.5) is 0 Å². The molecule has 8 heteroatoms.